The van der Waals surface area contributed by atoms with Crippen molar-refractivity contribution in [3.05, 3.63) is 23.9 Å². The van der Waals surface area contributed by atoms with Crippen molar-refractivity contribution in [2.75, 3.05) is 7.11 Å². The Bertz CT molecular complexity index is 258. The maximum Gasteiger partial charge on any atom is 0.212 e. The number of ether oxygens (including phenoxy) is 1. The largest absolute Gasteiger partial charge is 0.481 e. The first-order valence-corrected chi connectivity index (χ1v) is 5.00. The molecule has 0 saturated carbocycles. The first kappa shape index (κ1) is 11.0. The highest BCUT2D eigenvalue weighted by Crippen LogP contribution is 2.09. The summed E-state index contributed by atoms with van der Waals surface area (Å²) in [4.78, 5) is 4.13. The van der Waals surface area contributed by atoms with Gasteiger partial charge in [0.2, 0.25) is 5.88 Å². The van der Waals surface area contributed by atoms with Crippen LogP contribution in [-0.4, -0.2) is 18.1 Å². The summed E-state index contributed by atoms with van der Waals surface area (Å²) in [5.41, 5.74) is 7.10. The van der Waals surface area contributed by atoms with Gasteiger partial charge in [-0.25, -0.2) is 4.98 Å². The van der Waals surface area contributed by atoms with E-state index in [9.17, 15) is 0 Å². The van der Waals surface area contributed by atoms with Gasteiger partial charge in [-0.2, -0.15) is 0 Å². The molecule has 0 saturated heterocycles. The van der Waals surface area contributed by atoms with Gasteiger partial charge in [0.25, 0.3) is 0 Å². The van der Waals surface area contributed by atoms with Gasteiger partial charge in [-0.3, -0.25) is 0 Å². The van der Waals surface area contributed by atoms with E-state index in [4.69, 9.17) is 10.5 Å². The molecule has 3 heteroatoms. The van der Waals surface area contributed by atoms with Crippen LogP contribution in [0.15, 0.2) is 18.3 Å². The molecule has 2 N–H and O–H groups in total. The molecule has 0 aliphatic rings. The highest BCUT2D eigenvalue weighted by atomic mass is 16.5. The lowest BCUT2D eigenvalue weighted by Gasteiger charge is -2.09. The summed E-state index contributed by atoms with van der Waals surface area (Å²) in [6.45, 7) is 2.14. The van der Waals surface area contributed by atoms with E-state index in [1.807, 2.05) is 18.3 Å². The van der Waals surface area contributed by atoms with Gasteiger partial charge in [-0.1, -0.05) is 19.4 Å². The van der Waals surface area contributed by atoms with E-state index in [0.717, 1.165) is 19.3 Å². The van der Waals surface area contributed by atoms with Crippen LogP contribution in [0.4, 0.5) is 0 Å². The number of aromatic nitrogens is 1. The molecule has 1 rings (SSSR count). The standard InChI is InChI=1S/C11H18N2O/c1-3-4-10(12)7-9-5-6-11(14-2)13-8-9/h5-6,8,10H,3-4,7,12H2,1-2H3/t10-/m1/s1. The molecule has 1 atom stereocenters. The number of rotatable bonds is 5. The van der Waals surface area contributed by atoms with Gasteiger partial charge in [-0.05, 0) is 18.4 Å². The number of pyridine rings is 1. The molecule has 0 bridgehead atoms. The second kappa shape index (κ2) is 5.60. The minimum Gasteiger partial charge on any atom is -0.481 e. The lowest BCUT2D eigenvalue weighted by molar-refractivity contribution is 0.397. The van der Waals surface area contributed by atoms with Crippen molar-refractivity contribution in [2.45, 2.75) is 32.2 Å². The van der Waals surface area contributed by atoms with Crippen LogP contribution in [0.2, 0.25) is 0 Å². The number of hydrogen-bond donors (Lipinski definition) is 1. The zero-order valence-electron chi connectivity index (χ0n) is 8.86. The molecule has 3 nitrogen and oxygen atoms in total. The summed E-state index contributed by atoms with van der Waals surface area (Å²) >= 11 is 0. The Labute approximate surface area is 85.3 Å². The molecule has 0 unspecified atom stereocenters. The summed E-state index contributed by atoms with van der Waals surface area (Å²) in [6, 6.07) is 4.13. The average molecular weight is 194 g/mol. The fourth-order valence-electron chi connectivity index (χ4n) is 1.43. The van der Waals surface area contributed by atoms with Crippen molar-refractivity contribution in [1.29, 1.82) is 0 Å². The lowest BCUT2D eigenvalue weighted by Crippen LogP contribution is -2.22. The molecule has 0 spiro atoms. The fraction of sp³-hybridized carbons (Fsp3) is 0.545. The molecule has 0 aromatic carbocycles. The first-order chi connectivity index (χ1) is 6.76. The Morgan fingerprint density at radius 3 is 2.79 bits per heavy atom. The number of nitrogens with zero attached hydrogens (tertiary/aromatic N) is 1. The van der Waals surface area contributed by atoms with Crippen molar-refractivity contribution < 1.29 is 4.74 Å². The van der Waals surface area contributed by atoms with Crippen LogP contribution in [0.1, 0.15) is 25.3 Å². The van der Waals surface area contributed by atoms with E-state index in [1.165, 1.54) is 5.56 Å². The Morgan fingerprint density at radius 1 is 1.50 bits per heavy atom. The number of nitrogens with two attached hydrogens (primary N) is 1. The van der Waals surface area contributed by atoms with Crippen LogP contribution < -0.4 is 10.5 Å². The average Bonchev–Trinajstić information content (AvgIpc) is 2.19. The first-order valence-electron chi connectivity index (χ1n) is 5.00. The molecule has 1 heterocycles. The maximum absolute atomic E-state index is 5.93. The predicted molar refractivity (Wildman–Crippen MR) is 57.4 cm³/mol. The third-order valence-corrected chi connectivity index (χ3v) is 2.16. The van der Waals surface area contributed by atoms with Gasteiger partial charge in [0.15, 0.2) is 0 Å². The van der Waals surface area contributed by atoms with E-state index in [0.29, 0.717) is 5.88 Å². The molecule has 0 aliphatic heterocycles. The smallest absolute Gasteiger partial charge is 0.212 e. The van der Waals surface area contributed by atoms with E-state index < -0.39 is 0 Å². The third-order valence-electron chi connectivity index (χ3n) is 2.16. The van der Waals surface area contributed by atoms with Gasteiger partial charge >= 0.3 is 0 Å². The Balaban J connectivity index is 2.50. The number of hydrogen-bond acceptors (Lipinski definition) is 3. The predicted octanol–water partition coefficient (Wildman–Crippen LogP) is 1.76. The highest BCUT2D eigenvalue weighted by Gasteiger charge is 2.03. The molecule has 78 valence electrons. The number of methoxy groups -OCH3 is 1. The summed E-state index contributed by atoms with van der Waals surface area (Å²) in [5, 5.41) is 0. The zero-order valence-corrected chi connectivity index (χ0v) is 8.86. The highest BCUT2D eigenvalue weighted by molar-refractivity contribution is 5.18. The quantitative estimate of drug-likeness (QED) is 0.777. The fourth-order valence-corrected chi connectivity index (χ4v) is 1.43. The maximum atomic E-state index is 5.93. The minimum absolute atomic E-state index is 0.246. The van der Waals surface area contributed by atoms with Crippen molar-refractivity contribution in [2.24, 2.45) is 5.73 Å². The zero-order chi connectivity index (χ0) is 10.4. The van der Waals surface area contributed by atoms with Gasteiger partial charge in [-0.15, -0.1) is 0 Å². The Kier molecular flexibility index (Phi) is 4.40. The van der Waals surface area contributed by atoms with Crippen LogP contribution >= 0.6 is 0 Å². The van der Waals surface area contributed by atoms with E-state index >= 15 is 0 Å². The van der Waals surface area contributed by atoms with Crippen molar-refractivity contribution in [3.63, 3.8) is 0 Å². The molecule has 1 aromatic heterocycles. The van der Waals surface area contributed by atoms with Gasteiger partial charge in [0.1, 0.15) is 0 Å². The summed E-state index contributed by atoms with van der Waals surface area (Å²) < 4.78 is 4.98. The summed E-state index contributed by atoms with van der Waals surface area (Å²) in [5.74, 6) is 0.651. The summed E-state index contributed by atoms with van der Waals surface area (Å²) in [7, 11) is 1.62. The monoisotopic (exact) mass is 194 g/mol. The molecule has 0 amide bonds. The van der Waals surface area contributed by atoms with Crippen LogP contribution in [0.25, 0.3) is 0 Å². The van der Waals surface area contributed by atoms with Gasteiger partial charge in [0, 0.05) is 18.3 Å². The van der Waals surface area contributed by atoms with Crippen LogP contribution in [-0.2, 0) is 6.42 Å². The SMILES string of the molecule is CCC[C@@H](N)Cc1ccc(OC)nc1. The lowest BCUT2D eigenvalue weighted by atomic mass is 10.0. The van der Waals surface area contributed by atoms with E-state index in [2.05, 4.69) is 11.9 Å². The Morgan fingerprint density at radius 2 is 2.29 bits per heavy atom. The molecule has 0 aliphatic carbocycles. The molecule has 14 heavy (non-hydrogen) atoms. The molecular formula is C11H18N2O. The molecular weight excluding hydrogens is 176 g/mol. The molecule has 0 fully saturated rings. The Hall–Kier alpha value is -1.09. The van der Waals surface area contributed by atoms with Gasteiger partial charge < -0.3 is 10.5 Å². The second-order valence-corrected chi connectivity index (χ2v) is 3.46. The van der Waals surface area contributed by atoms with Crippen LogP contribution in [0, 0.1) is 0 Å². The van der Waals surface area contributed by atoms with Crippen molar-refractivity contribution >= 4 is 0 Å². The van der Waals surface area contributed by atoms with Crippen LogP contribution in [0.5, 0.6) is 5.88 Å². The van der Waals surface area contributed by atoms with E-state index in [-0.39, 0.29) is 6.04 Å². The minimum atomic E-state index is 0.246. The van der Waals surface area contributed by atoms with Crippen molar-refractivity contribution in [1.82, 2.24) is 4.98 Å². The molecule has 0 radical (unpaired) electrons. The molecule has 1 aromatic rings. The van der Waals surface area contributed by atoms with Crippen LogP contribution in [0.3, 0.4) is 0 Å². The third kappa shape index (κ3) is 3.34. The van der Waals surface area contributed by atoms with E-state index in [1.54, 1.807) is 7.11 Å². The van der Waals surface area contributed by atoms with Gasteiger partial charge in [0.05, 0.1) is 7.11 Å². The topological polar surface area (TPSA) is 48.1 Å². The normalized spacial score (nSPS) is 12.5. The summed E-state index contributed by atoms with van der Waals surface area (Å²) in [6.07, 6.45) is 4.91. The van der Waals surface area contributed by atoms with Crippen molar-refractivity contribution in [3.8, 4) is 5.88 Å². The second-order valence-electron chi connectivity index (χ2n) is 3.46.